The van der Waals surface area contributed by atoms with Gasteiger partial charge in [0, 0.05) is 0 Å². The fourth-order valence-electron chi connectivity index (χ4n) is 0.737. The first-order valence-electron chi connectivity index (χ1n) is 3.48. The number of carbonyl (C=O) groups excluding carboxylic acids is 1. The van der Waals surface area contributed by atoms with Crippen molar-refractivity contribution in [2.45, 2.75) is 6.92 Å². The molecule has 0 saturated carbocycles. The zero-order valence-electron chi connectivity index (χ0n) is 6.33. The second-order valence-electron chi connectivity index (χ2n) is 2.01. The highest BCUT2D eigenvalue weighted by atomic mass is 16.5. The highest BCUT2D eigenvalue weighted by Gasteiger charge is 2.02. The Hall–Kier alpha value is -1.31. The highest BCUT2D eigenvalue weighted by Crippen LogP contribution is 1.99. The molecule has 0 aliphatic heterocycles. The first-order chi connectivity index (χ1) is 5.34. The lowest BCUT2D eigenvalue weighted by atomic mass is 10.2. The molecule has 0 spiro atoms. The molecule has 1 radical (unpaired) electrons. The van der Waals surface area contributed by atoms with E-state index in [0.717, 1.165) is 0 Å². The van der Waals surface area contributed by atoms with E-state index in [1.807, 2.05) is 0 Å². The highest BCUT2D eigenvalue weighted by molar-refractivity contribution is 5.89. The van der Waals surface area contributed by atoms with E-state index in [0.29, 0.717) is 12.2 Å². The van der Waals surface area contributed by atoms with Gasteiger partial charge in [0.2, 0.25) is 0 Å². The standard InChI is InChI=1S/C9H9O2/c1-2-11-9(10)8-6-4-3-5-7-8/h4-7H,2H2,1H3. The molecule has 0 amide bonds. The van der Waals surface area contributed by atoms with E-state index in [1.54, 1.807) is 31.2 Å². The van der Waals surface area contributed by atoms with Gasteiger partial charge < -0.3 is 4.74 Å². The molecule has 1 aromatic rings. The second kappa shape index (κ2) is 3.76. The average Bonchev–Trinajstić information content (AvgIpc) is 2.07. The lowest BCUT2D eigenvalue weighted by Crippen LogP contribution is -2.03. The van der Waals surface area contributed by atoms with Crippen molar-refractivity contribution in [2.24, 2.45) is 0 Å². The number of esters is 1. The van der Waals surface area contributed by atoms with E-state index in [1.165, 1.54) is 0 Å². The number of ether oxygens (including phenoxy) is 1. The van der Waals surface area contributed by atoms with Gasteiger partial charge >= 0.3 is 5.97 Å². The molecule has 1 aromatic carbocycles. The van der Waals surface area contributed by atoms with Crippen LogP contribution in [0.4, 0.5) is 0 Å². The normalized spacial score (nSPS) is 9.18. The molecular weight excluding hydrogens is 140 g/mol. The van der Waals surface area contributed by atoms with E-state index in [9.17, 15) is 4.79 Å². The largest absolute Gasteiger partial charge is 0.462 e. The van der Waals surface area contributed by atoms with Crippen molar-refractivity contribution < 1.29 is 9.53 Å². The lowest BCUT2D eigenvalue weighted by Gasteiger charge is -1.99. The minimum Gasteiger partial charge on any atom is -0.462 e. The van der Waals surface area contributed by atoms with Crippen LogP contribution in [0.15, 0.2) is 24.3 Å². The van der Waals surface area contributed by atoms with Crippen LogP contribution in [0.1, 0.15) is 17.3 Å². The van der Waals surface area contributed by atoms with Crippen LogP contribution >= 0.6 is 0 Å². The molecule has 0 bridgehead atoms. The third-order valence-corrected chi connectivity index (χ3v) is 1.23. The monoisotopic (exact) mass is 149 g/mol. The number of hydrogen-bond donors (Lipinski definition) is 0. The maximum atomic E-state index is 11.0. The van der Waals surface area contributed by atoms with E-state index in [4.69, 9.17) is 4.74 Å². The number of hydrogen-bond acceptors (Lipinski definition) is 2. The molecule has 0 unspecified atom stereocenters. The third-order valence-electron chi connectivity index (χ3n) is 1.23. The molecule has 0 aliphatic carbocycles. The van der Waals surface area contributed by atoms with Crippen molar-refractivity contribution in [3.63, 3.8) is 0 Å². The van der Waals surface area contributed by atoms with Crippen molar-refractivity contribution in [3.8, 4) is 0 Å². The van der Waals surface area contributed by atoms with E-state index in [2.05, 4.69) is 6.07 Å². The van der Waals surface area contributed by atoms with Gasteiger partial charge in [-0.1, -0.05) is 12.1 Å². The molecule has 0 aliphatic rings. The lowest BCUT2D eigenvalue weighted by molar-refractivity contribution is 0.0526. The average molecular weight is 149 g/mol. The zero-order valence-corrected chi connectivity index (χ0v) is 6.33. The summed E-state index contributed by atoms with van der Waals surface area (Å²) in [5.74, 6) is -0.276. The summed E-state index contributed by atoms with van der Waals surface area (Å²) < 4.78 is 4.78. The van der Waals surface area contributed by atoms with Gasteiger partial charge in [0.05, 0.1) is 12.2 Å². The Bertz CT molecular complexity index is 229. The summed E-state index contributed by atoms with van der Waals surface area (Å²) in [5.41, 5.74) is 0.575. The van der Waals surface area contributed by atoms with Crippen LogP contribution in [-0.4, -0.2) is 12.6 Å². The third kappa shape index (κ3) is 2.08. The maximum Gasteiger partial charge on any atom is 0.338 e. The van der Waals surface area contributed by atoms with Gasteiger partial charge in [-0.2, -0.15) is 0 Å². The minimum absolute atomic E-state index is 0.276. The molecule has 0 atom stereocenters. The smallest absolute Gasteiger partial charge is 0.338 e. The number of rotatable bonds is 2. The van der Waals surface area contributed by atoms with Crippen LogP contribution in [0.25, 0.3) is 0 Å². The molecule has 0 N–H and O–H groups in total. The summed E-state index contributed by atoms with van der Waals surface area (Å²) in [6.45, 7) is 2.20. The summed E-state index contributed by atoms with van der Waals surface area (Å²) in [6, 6.07) is 9.55. The summed E-state index contributed by atoms with van der Waals surface area (Å²) in [5, 5.41) is 0. The van der Waals surface area contributed by atoms with Crippen LogP contribution in [0.2, 0.25) is 0 Å². The molecule has 1 rings (SSSR count). The Morgan fingerprint density at radius 3 is 2.73 bits per heavy atom. The van der Waals surface area contributed by atoms with Crippen LogP contribution in [-0.2, 0) is 4.74 Å². The topological polar surface area (TPSA) is 26.3 Å². The van der Waals surface area contributed by atoms with Crippen molar-refractivity contribution >= 4 is 5.97 Å². The second-order valence-corrected chi connectivity index (χ2v) is 2.01. The minimum atomic E-state index is -0.276. The Kier molecular flexibility index (Phi) is 2.66. The molecule has 2 heteroatoms. The van der Waals surface area contributed by atoms with Gasteiger partial charge in [-0.15, -0.1) is 0 Å². The Morgan fingerprint density at radius 2 is 2.18 bits per heavy atom. The maximum absolute atomic E-state index is 11.0. The summed E-state index contributed by atoms with van der Waals surface area (Å²) >= 11 is 0. The van der Waals surface area contributed by atoms with Gasteiger partial charge in [-0.05, 0) is 25.1 Å². The first-order valence-corrected chi connectivity index (χ1v) is 3.48. The molecule has 0 saturated heterocycles. The zero-order chi connectivity index (χ0) is 8.10. The Labute approximate surface area is 65.8 Å². The Balaban J connectivity index is 2.69. The molecule has 2 nitrogen and oxygen atoms in total. The molecule has 0 aromatic heterocycles. The SMILES string of the molecule is CCOC(=O)c1cc[c]cc1. The molecule has 11 heavy (non-hydrogen) atoms. The van der Waals surface area contributed by atoms with Gasteiger partial charge in [0.1, 0.15) is 0 Å². The first kappa shape index (κ1) is 7.79. The number of carbonyl (C=O) groups is 1. The van der Waals surface area contributed by atoms with Crippen molar-refractivity contribution in [1.29, 1.82) is 0 Å². The fourth-order valence-corrected chi connectivity index (χ4v) is 0.737. The van der Waals surface area contributed by atoms with Gasteiger partial charge in [-0.25, -0.2) is 4.79 Å². The van der Waals surface area contributed by atoms with Crippen LogP contribution in [0.3, 0.4) is 0 Å². The van der Waals surface area contributed by atoms with Gasteiger partial charge in [-0.3, -0.25) is 0 Å². The summed E-state index contributed by atoms with van der Waals surface area (Å²) in [4.78, 5) is 11.0. The molecular formula is C9H9O2. The van der Waals surface area contributed by atoms with Crippen LogP contribution < -0.4 is 0 Å². The predicted octanol–water partition coefficient (Wildman–Crippen LogP) is 1.66. The van der Waals surface area contributed by atoms with Crippen LogP contribution in [0, 0.1) is 6.07 Å². The number of benzene rings is 1. The van der Waals surface area contributed by atoms with Crippen molar-refractivity contribution in [1.82, 2.24) is 0 Å². The summed E-state index contributed by atoms with van der Waals surface area (Å²) in [6.07, 6.45) is 0. The van der Waals surface area contributed by atoms with Gasteiger partial charge in [0.15, 0.2) is 0 Å². The van der Waals surface area contributed by atoms with E-state index >= 15 is 0 Å². The van der Waals surface area contributed by atoms with E-state index in [-0.39, 0.29) is 5.97 Å². The predicted molar refractivity (Wildman–Crippen MR) is 41.2 cm³/mol. The van der Waals surface area contributed by atoms with Crippen LogP contribution in [0.5, 0.6) is 0 Å². The summed E-state index contributed by atoms with van der Waals surface area (Å²) in [7, 11) is 0. The molecule has 0 fully saturated rings. The van der Waals surface area contributed by atoms with Crippen molar-refractivity contribution in [3.05, 3.63) is 35.9 Å². The van der Waals surface area contributed by atoms with Gasteiger partial charge in [0.25, 0.3) is 0 Å². The molecule has 0 heterocycles. The van der Waals surface area contributed by atoms with Crippen molar-refractivity contribution in [2.75, 3.05) is 6.61 Å². The Morgan fingerprint density at radius 1 is 1.55 bits per heavy atom. The van der Waals surface area contributed by atoms with E-state index < -0.39 is 0 Å². The molecule has 57 valence electrons. The quantitative estimate of drug-likeness (QED) is 0.598. The fraction of sp³-hybridized carbons (Fsp3) is 0.222.